The van der Waals surface area contributed by atoms with Crippen molar-refractivity contribution in [1.82, 2.24) is 15.1 Å². The fourth-order valence-corrected chi connectivity index (χ4v) is 3.47. The highest BCUT2D eigenvalue weighted by Gasteiger charge is 2.29. The second-order valence-electron chi connectivity index (χ2n) is 6.23. The molecule has 0 amide bonds. The lowest BCUT2D eigenvalue weighted by Crippen LogP contribution is -2.32. The van der Waals surface area contributed by atoms with Crippen molar-refractivity contribution in [3.05, 3.63) is 18.0 Å². The standard InChI is InChI=1S/C15H25N3O/c19-15(7-3-9-16-10-8-15)12-13-6-11-18(17-13)14-4-1-2-5-14/h6,11,14,16,19H,1-5,7-10,12H2. The molecule has 4 nitrogen and oxygen atoms in total. The molecule has 106 valence electrons. The van der Waals surface area contributed by atoms with Gasteiger partial charge in [0, 0.05) is 12.6 Å². The fourth-order valence-electron chi connectivity index (χ4n) is 3.47. The molecule has 1 atom stereocenters. The molecular formula is C15H25N3O. The number of nitrogens with zero attached hydrogens (tertiary/aromatic N) is 2. The molecule has 0 aromatic carbocycles. The van der Waals surface area contributed by atoms with Crippen molar-refractivity contribution in [3.8, 4) is 0 Å². The number of aliphatic hydroxyl groups is 1. The number of hydrogen-bond donors (Lipinski definition) is 2. The lowest BCUT2D eigenvalue weighted by molar-refractivity contribution is 0.0274. The van der Waals surface area contributed by atoms with Crippen molar-refractivity contribution in [2.45, 2.75) is 63.0 Å². The second kappa shape index (κ2) is 5.63. The lowest BCUT2D eigenvalue weighted by Gasteiger charge is -2.25. The van der Waals surface area contributed by atoms with Crippen LogP contribution in [0.25, 0.3) is 0 Å². The summed E-state index contributed by atoms with van der Waals surface area (Å²) in [5.41, 5.74) is 0.495. The molecule has 1 aromatic rings. The average Bonchev–Trinajstić information content (AvgIpc) is 3.00. The van der Waals surface area contributed by atoms with E-state index in [-0.39, 0.29) is 0 Å². The Morgan fingerprint density at radius 2 is 2.11 bits per heavy atom. The minimum absolute atomic E-state index is 0.557. The molecule has 0 spiro atoms. The first-order valence-corrected chi connectivity index (χ1v) is 7.72. The molecule has 2 aliphatic rings. The minimum atomic E-state index is -0.557. The van der Waals surface area contributed by atoms with E-state index >= 15 is 0 Å². The topological polar surface area (TPSA) is 50.1 Å². The van der Waals surface area contributed by atoms with E-state index in [2.05, 4.69) is 22.3 Å². The van der Waals surface area contributed by atoms with E-state index in [1.165, 1.54) is 25.7 Å². The molecular weight excluding hydrogens is 238 g/mol. The number of rotatable bonds is 3. The van der Waals surface area contributed by atoms with Crippen LogP contribution in [0.3, 0.4) is 0 Å². The molecule has 2 fully saturated rings. The van der Waals surface area contributed by atoms with Gasteiger partial charge in [0.2, 0.25) is 0 Å². The van der Waals surface area contributed by atoms with Crippen LogP contribution in [0, 0.1) is 0 Å². The molecule has 4 heteroatoms. The Morgan fingerprint density at radius 3 is 2.95 bits per heavy atom. The first-order valence-electron chi connectivity index (χ1n) is 7.72. The Kier molecular flexibility index (Phi) is 3.89. The van der Waals surface area contributed by atoms with Crippen LogP contribution >= 0.6 is 0 Å². The van der Waals surface area contributed by atoms with Gasteiger partial charge in [0.25, 0.3) is 0 Å². The van der Waals surface area contributed by atoms with Crippen molar-refractivity contribution in [2.24, 2.45) is 0 Å². The van der Waals surface area contributed by atoms with Crippen LogP contribution in [0.15, 0.2) is 12.3 Å². The van der Waals surface area contributed by atoms with Crippen LogP contribution in [0.1, 0.15) is 56.7 Å². The first-order chi connectivity index (χ1) is 9.25. The molecule has 0 bridgehead atoms. The smallest absolute Gasteiger partial charge is 0.0716 e. The normalized spacial score (nSPS) is 29.5. The van der Waals surface area contributed by atoms with E-state index < -0.39 is 5.60 Å². The van der Waals surface area contributed by atoms with Crippen LogP contribution in [-0.4, -0.2) is 33.6 Å². The molecule has 19 heavy (non-hydrogen) atoms. The summed E-state index contributed by atoms with van der Waals surface area (Å²) in [6.45, 7) is 1.94. The Hall–Kier alpha value is -0.870. The molecule has 2 N–H and O–H groups in total. The molecule has 3 rings (SSSR count). The van der Waals surface area contributed by atoms with Crippen LogP contribution in [-0.2, 0) is 6.42 Å². The van der Waals surface area contributed by atoms with Crippen molar-refractivity contribution in [3.63, 3.8) is 0 Å². The summed E-state index contributed by atoms with van der Waals surface area (Å²) < 4.78 is 2.13. The molecule has 1 aliphatic heterocycles. The maximum atomic E-state index is 10.7. The molecule has 1 aromatic heterocycles. The molecule has 0 radical (unpaired) electrons. The van der Waals surface area contributed by atoms with E-state index in [0.29, 0.717) is 12.5 Å². The first kappa shape index (κ1) is 13.1. The predicted octanol–water partition coefficient (Wildman–Crippen LogP) is 2.05. The van der Waals surface area contributed by atoms with Crippen molar-refractivity contribution < 1.29 is 5.11 Å². The summed E-state index contributed by atoms with van der Waals surface area (Å²) in [5, 5.41) is 18.7. The van der Waals surface area contributed by atoms with Gasteiger partial charge in [-0.05, 0) is 51.3 Å². The number of aromatic nitrogens is 2. The largest absolute Gasteiger partial charge is 0.389 e. The summed E-state index contributed by atoms with van der Waals surface area (Å²) in [4.78, 5) is 0. The summed E-state index contributed by atoms with van der Waals surface area (Å²) in [7, 11) is 0. The predicted molar refractivity (Wildman–Crippen MR) is 75.1 cm³/mol. The minimum Gasteiger partial charge on any atom is -0.389 e. The Labute approximate surface area is 115 Å². The Morgan fingerprint density at radius 1 is 1.26 bits per heavy atom. The molecule has 2 heterocycles. The summed E-state index contributed by atoms with van der Waals surface area (Å²) in [6, 6.07) is 2.69. The highest BCUT2D eigenvalue weighted by atomic mass is 16.3. The number of nitrogens with one attached hydrogen (secondary N) is 1. The SMILES string of the molecule is OC1(Cc2ccn(C3CCCC3)n2)CCCNCC1. The quantitative estimate of drug-likeness (QED) is 0.877. The molecule has 1 unspecified atom stereocenters. The van der Waals surface area contributed by atoms with Gasteiger partial charge in [-0.15, -0.1) is 0 Å². The summed E-state index contributed by atoms with van der Waals surface area (Å²) in [6.07, 6.45) is 10.8. The van der Waals surface area contributed by atoms with Gasteiger partial charge in [0.05, 0.1) is 17.3 Å². The third kappa shape index (κ3) is 3.18. The summed E-state index contributed by atoms with van der Waals surface area (Å²) >= 11 is 0. The average molecular weight is 263 g/mol. The van der Waals surface area contributed by atoms with Gasteiger partial charge in [0.15, 0.2) is 0 Å². The third-order valence-corrected chi connectivity index (χ3v) is 4.64. The highest BCUT2D eigenvalue weighted by molar-refractivity contribution is 5.05. The maximum absolute atomic E-state index is 10.7. The molecule has 1 aliphatic carbocycles. The third-order valence-electron chi connectivity index (χ3n) is 4.64. The fraction of sp³-hybridized carbons (Fsp3) is 0.800. The van der Waals surface area contributed by atoms with E-state index in [1.807, 2.05) is 0 Å². The number of hydrogen-bond acceptors (Lipinski definition) is 3. The van der Waals surface area contributed by atoms with Crippen LogP contribution < -0.4 is 5.32 Å². The van der Waals surface area contributed by atoms with E-state index in [9.17, 15) is 5.11 Å². The molecule has 1 saturated carbocycles. The maximum Gasteiger partial charge on any atom is 0.0716 e. The van der Waals surface area contributed by atoms with Crippen molar-refractivity contribution in [1.29, 1.82) is 0 Å². The van der Waals surface area contributed by atoms with Crippen LogP contribution in [0.2, 0.25) is 0 Å². The highest BCUT2D eigenvalue weighted by Crippen LogP contribution is 2.29. The zero-order valence-electron chi connectivity index (χ0n) is 11.6. The zero-order chi connectivity index (χ0) is 13.1. The van der Waals surface area contributed by atoms with Gasteiger partial charge in [-0.25, -0.2) is 0 Å². The monoisotopic (exact) mass is 263 g/mol. The lowest BCUT2D eigenvalue weighted by atomic mass is 9.90. The summed E-state index contributed by atoms with van der Waals surface area (Å²) in [5.74, 6) is 0. The second-order valence-corrected chi connectivity index (χ2v) is 6.23. The van der Waals surface area contributed by atoms with Gasteiger partial charge >= 0.3 is 0 Å². The van der Waals surface area contributed by atoms with Crippen LogP contribution in [0.5, 0.6) is 0 Å². The van der Waals surface area contributed by atoms with Gasteiger partial charge in [-0.1, -0.05) is 12.8 Å². The van der Waals surface area contributed by atoms with E-state index in [4.69, 9.17) is 5.10 Å². The van der Waals surface area contributed by atoms with Crippen molar-refractivity contribution >= 4 is 0 Å². The van der Waals surface area contributed by atoms with E-state index in [0.717, 1.165) is 38.0 Å². The van der Waals surface area contributed by atoms with Gasteiger partial charge in [-0.2, -0.15) is 5.10 Å². The zero-order valence-corrected chi connectivity index (χ0v) is 11.6. The van der Waals surface area contributed by atoms with Gasteiger partial charge in [-0.3, -0.25) is 4.68 Å². The Bertz CT molecular complexity index is 401. The van der Waals surface area contributed by atoms with Gasteiger partial charge in [0.1, 0.15) is 0 Å². The van der Waals surface area contributed by atoms with Crippen molar-refractivity contribution in [2.75, 3.05) is 13.1 Å². The van der Waals surface area contributed by atoms with Crippen LogP contribution in [0.4, 0.5) is 0 Å². The van der Waals surface area contributed by atoms with E-state index in [1.54, 1.807) is 0 Å². The Balaban J connectivity index is 1.65. The molecule has 1 saturated heterocycles. The van der Waals surface area contributed by atoms with Gasteiger partial charge < -0.3 is 10.4 Å².